The number of halogens is 1. The number of rotatable bonds is 5. The van der Waals surface area contributed by atoms with Gasteiger partial charge in [0.1, 0.15) is 0 Å². The first-order valence-electron chi connectivity index (χ1n) is 8.34. The van der Waals surface area contributed by atoms with Crippen LogP contribution in [0.5, 0.6) is 0 Å². The second-order valence-electron chi connectivity index (χ2n) is 6.74. The topological polar surface area (TPSA) is 70.2 Å². The van der Waals surface area contributed by atoms with Crippen LogP contribution in [0.3, 0.4) is 0 Å². The second-order valence-corrected chi connectivity index (χ2v) is 6.74. The highest BCUT2D eigenvalue weighted by molar-refractivity contribution is 5.92. The van der Waals surface area contributed by atoms with Crippen molar-refractivity contribution in [3.05, 3.63) is 29.8 Å². The fourth-order valence-corrected chi connectivity index (χ4v) is 2.62. The van der Waals surface area contributed by atoms with E-state index in [1.54, 1.807) is 0 Å². The van der Waals surface area contributed by atoms with E-state index in [1.165, 1.54) is 0 Å². The molecule has 1 unspecified atom stereocenters. The molecule has 0 radical (unpaired) electrons. The molecule has 1 saturated heterocycles. The van der Waals surface area contributed by atoms with Crippen LogP contribution in [0.15, 0.2) is 24.3 Å². The van der Waals surface area contributed by atoms with Crippen LogP contribution in [-0.4, -0.2) is 23.9 Å². The minimum atomic E-state index is -0.455. The molecular formula is C18H28ClN3O2. The summed E-state index contributed by atoms with van der Waals surface area (Å²) in [6, 6.07) is 7.57. The predicted molar refractivity (Wildman–Crippen MR) is 99.3 cm³/mol. The van der Waals surface area contributed by atoms with Crippen LogP contribution in [0.25, 0.3) is 0 Å². The van der Waals surface area contributed by atoms with Crippen LogP contribution in [0.4, 0.5) is 5.69 Å². The highest BCUT2D eigenvalue weighted by Crippen LogP contribution is 2.19. The van der Waals surface area contributed by atoms with Gasteiger partial charge in [-0.05, 0) is 50.4 Å². The number of nitrogens with one attached hydrogen (secondary N) is 3. The molecule has 1 aliphatic heterocycles. The lowest BCUT2D eigenvalue weighted by Gasteiger charge is -2.33. The van der Waals surface area contributed by atoms with Crippen molar-refractivity contribution in [2.24, 2.45) is 5.92 Å². The molecule has 6 heteroatoms. The molecule has 1 heterocycles. The third-order valence-electron chi connectivity index (χ3n) is 4.32. The second kappa shape index (κ2) is 9.04. The Morgan fingerprint density at radius 1 is 1.21 bits per heavy atom. The third-order valence-corrected chi connectivity index (χ3v) is 4.32. The van der Waals surface area contributed by atoms with Crippen LogP contribution in [-0.2, 0) is 16.1 Å². The highest BCUT2D eigenvalue weighted by Gasteiger charge is 2.33. The van der Waals surface area contributed by atoms with E-state index in [4.69, 9.17) is 0 Å². The van der Waals surface area contributed by atoms with E-state index >= 15 is 0 Å². The Labute approximate surface area is 150 Å². The molecule has 5 nitrogen and oxygen atoms in total. The Kier molecular flexibility index (Phi) is 7.70. The lowest BCUT2D eigenvalue weighted by atomic mass is 9.90. The van der Waals surface area contributed by atoms with Crippen LogP contribution in [0, 0.1) is 5.92 Å². The first-order valence-corrected chi connectivity index (χ1v) is 8.34. The molecule has 24 heavy (non-hydrogen) atoms. The van der Waals surface area contributed by atoms with Gasteiger partial charge in [-0.2, -0.15) is 0 Å². The zero-order chi connectivity index (χ0) is 16.9. The summed E-state index contributed by atoms with van der Waals surface area (Å²) >= 11 is 0. The summed E-state index contributed by atoms with van der Waals surface area (Å²) < 4.78 is 0. The molecule has 2 amide bonds. The Morgan fingerprint density at radius 2 is 1.88 bits per heavy atom. The Hall–Kier alpha value is -1.59. The molecule has 0 bridgehead atoms. The van der Waals surface area contributed by atoms with Gasteiger partial charge < -0.3 is 16.0 Å². The quantitative estimate of drug-likeness (QED) is 0.762. The number of piperidine rings is 1. The Bertz CT molecular complexity index is 552. The lowest BCUT2D eigenvalue weighted by Crippen LogP contribution is -2.56. The molecule has 1 aromatic carbocycles. The molecule has 1 atom stereocenters. The van der Waals surface area contributed by atoms with Gasteiger partial charge in [-0.25, -0.2) is 0 Å². The molecule has 134 valence electrons. The van der Waals surface area contributed by atoms with Crippen molar-refractivity contribution in [1.29, 1.82) is 0 Å². The monoisotopic (exact) mass is 353 g/mol. The summed E-state index contributed by atoms with van der Waals surface area (Å²) in [5.74, 6) is 0.00874. The van der Waals surface area contributed by atoms with Gasteiger partial charge in [-0.1, -0.05) is 26.0 Å². The SMILES string of the molecule is CC(C)C(=O)Nc1ccc(CNC(=O)C2(C)CCCCN2)cc1.Cl. The van der Waals surface area contributed by atoms with Gasteiger partial charge in [-0.3, -0.25) is 9.59 Å². The molecule has 1 aliphatic rings. The molecule has 0 saturated carbocycles. The van der Waals surface area contributed by atoms with Crippen molar-refractivity contribution in [3.8, 4) is 0 Å². The number of amides is 2. The summed E-state index contributed by atoms with van der Waals surface area (Å²) in [4.78, 5) is 24.0. The van der Waals surface area contributed by atoms with Gasteiger partial charge in [0, 0.05) is 18.2 Å². The fourth-order valence-electron chi connectivity index (χ4n) is 2.62. The van der Waals surface area contributed by atoms with Crippen molar-refractivity contribution < 1.29 is 9.59 Å². The van der Waals surface area contributed by atoms with Crippen molar-refractivity contribution in [1.82, 2.24) is 10.6 Å². The normalized spacial score (nSPS) is 20.2. The van der Waals surface area contributed by atoms with Crippen LogP contribution < -0.4 is 16.0 Å². The summed E-state index contributed by atoms with van der Waals surface area (Å²) in [6.07, 6.45) is 3.09. The van der Waals surface area contributed by atoms with Crippen LogP contribution >= 0.6 is 12.4 Å². The maximum absolute atomic E-state index is 12.3. The van der Waals surface area contributed by atoms with E-state index in [0.717, 1.165) is 37.1 Å². The smallest absolute Gasteiger partial charge is 0.240 e. The number of hydrogen-bond donors (Lipinski definition) is 3. The third kappa shape index (κ3) is 5.49. The van der Waals surface area contributed by atoms with Gasteiger partial charge in [0.15, 0.2) is 0 Å². The van der Waals surface area contributed by atoms with Crippen molar-refractivity contribution >= 4 is 29.9 Å². The molecule has 3 N–H and O–H groups in total. The van der Waals surface area contributed by atoms with Crippen LogP contribution in [0.2, 0.25) is 0 Å². The molecule has 0 aliphatic carbocycles. The predicted octanol–water partition coefficient (Wildman–Crippen LogP) is 2.85. The minimum Gasteiger partial charge on any atom is -0.350 e. The average molecular weight is 354 g/mol. The summed E-state index contributed by atoms with van der Waals surface area (Å²) in [5.41, 5.74) is 1.34. The lowest BCUT2D eigenvalue weighted by molar-refractivity contribution is -0.128. The first kappa shape index (κ1) is 20.5. The summed E-state index contributed by atoms with van der Waals surface area (Å²) in [6.45, 7) is 7.08. The highest BCUT2D eigenvalue weighted by atomic mass is 35.5. The van der Waals surface area contributed by atoms with Gasteiger partial charge in [0.05, 0.1) is 5.54 Å². The zero-order valence-electron chi connectivity index (χ0n) is 14.6. The molecular weight excluding hydrogens is 326 g/mol. The summed E-state index contributed by atoms with van der Waals surface area (Å²) in [5, 5.41) is 9.17. The maximum Gasteiger partial charge on any atom is 0.240 e. The van der Waals surface area contributed by atoms with Gasteiger partial charge in [0.2, 0.25) is 11.8 Å². The van der Waals surface area contributed by atoms with Gasteiger partial charge in [0.25, 0.3) is 0 Å². The van der Waals surface area contributed by atoms with E-state index in [-0.39, 0.29) is 30.1 Å². The van der Waals surface area contributed by atoms with Crippen LogP contribution in [0.1, 0.15) is 45.6 Å². The minimum absolute atomic E-state index is 0. The molecule has 0 aromatic heterocycles. The fraction of sp³-hybridized carbons (Fsp3) is 0.556. The maximum atomic E-state index is 12.3. The summed E-state index contributed by atoms with van der Waals surface area (Å²) in [7, 11) is 0. The number of hydrogen-bond acceptors (Lipinski definition) is 3. The zero-order valence-corrected chi connectivity index (χ0v) is 15.5. The van der Waals surface area contributed by atoms with E-state index in [1.807, 2.05) is 45.0 Å². The molecule has 1 fully saturated rings. The largest absolute Gasteiger partial charge is 0.350 e. The Balaban J connectivity index is 0.00000288. The standard InChI is InChI=1S/C18H27N3O2.ClH/c1-13(2)16(22)21-15-8-6-14(7-9-15)12-19-17(23)18(3)10-4-5-11-20-18;/h6-9,13,20H,4-5,10-12H2,1-3H3,(H,19,23)(H,21,22);1H. The van der Waals surface area contributed by atoms with Crippen molar-refractivity contribution in [3.63, 3.8) is 0 Å². The van der Waals surface area contributed by atoms with Gasteiger partial charge >= 0.3 is 0 Å². The van der Waals surface area contributed by atoms with Crippen molar-refractivity contribution in [2.75, 3.05) is 11.9 Å². The first-order chi connectivity index (χ1) is 10.9. The van der Waals surface area contributed by atoms with E-state index < -0.39 is 5.54 Å². The van der Waals surface area contributed by atoms with Crippen molar-refractivity contribution in [2.45, 2.75) is 52.1 Å². The molecule has 0 spiro atoms. The number of carbonyl (C=O) groups is 2. The Morgan fingerprint density at radius 3 is 2.42 bits per heavy atom. The van der Waals surface area contributed by atoms with E-state index in [9.17, 15) is 9.59 Å². The van der Waals surface area contributed by atoms with E-state index in [2.05, 4.69) is 16.0 Å². The number of carbonyl (C=O) groups excluding carboxylic acids is 2. The van der Waals surface area contributed by atoms with E-state index in [0.29, 0.717) is 6.54 Å². The van der Waals surface area contributed by atoms with Gasteiger partial charge in [-0.15, -0.1) is 12.4 Å². The molecule has 2 rings (SSSR count). The number of benzene rings is 1. The molecule has 1 aromatic rings. The average Bonchev–Trinajstić information content (AvgIpc) is 2.54. The number of anilines is 1.